The lowest BCUT2D eigenvalue weighted by Gasteiger charge is -2.48. The molecule has 0 radical (unpaired) electrons. The largest absolute Gasteiger partial charge is 0.493 e. The van der Waals surface area contributed by atoms with Gasteiger partial charge in [0, 0.05) is 23.0 Å². The molecule has 0 aromatic carbocycles. The van der Waals surface area contributed by atoms with E-state index in [1.165, 1.54) is 13.2 Å². The lowest BCUT2D eigenvalue weighted by atomic mass is 9.56. The number of hydrogen-bond donors (Lipinski definition) is 0. The standard InChI is InChI=1S/C19H20O5/c1-19-5-3-11-10-24-14(12-4-6-23-9-12)7-13(11)17(19)18(21)15(22-2)8-16(19)20/h3-4,6,8-9,13-14,17H,5,7,10H2,1-2H3/t13-,14-,17-,19-/m0/s1. The monoisotopic (exact) mass is 328 g/mol. The minimum Gasteiger partial charge on any atom is -0.493 e. The predicted octanol–water partition coefficient (Wildman–Crippen LogP) is 2.99. The number of allylic oxidation sites excluding steroid dienone is 3. The third-order valence-electron chi connectivity index (χ3n) is 5.76. The van der Waals surface area contributed by atoms with Gasteiger partial charge in [0.15, 0.2) is 11.5 Å². The van der Waals surface area contributed by atoms with E-state index >= 15 is 0 Å². The molecule has 2 heterocycles. The van der Waals surface area contributed by atoms with Gasteiger partial charge in [0.1, 0.15) is 0 Å². The minimum absolute atomic E-state index is 0.00676. The highest BCUT2D eigenvalue weighted by molar-refractivity contribution is 6.11. The zero-order chi connectivity index (χ0) is 16.9. The Kier molecular flexibility index (Phi) is 3.49. The Morgan fingerprint density at radius 1 is 1.33 bits per heavy atom. The summed E-state index contributed by atoms with van der Waals surface area (Å²) in [4.78, 5) is 25.6. The van der Waals surface area contributed by atoms with Crippen LogP contribution in [-0.2, 0) is 19.1 Å². The van der Waals surface area contributed by atoms with Gasteiger partial charge in [-0.05, 0) is 30.4 Å². The number of ether oxygens (including phenoxy) is 2. The van der Waals surface area contributed by atoms with Gasteiger partial charge in [-0.3, -0.25) is 9.59 Å². The Hall–Kier alpha value is -2.14. The molecule has 0 spiro atoms. The van der Waals surface area contributed by atoms with Crippen LogP contribution in [0.3, 0.4) is 0 Å². The molecule has 0 bridgehead atoms. The van der Waals surface area contributed by atoms with Crippen molar-refractivity contribution in [3.63, 3.8) is 0 Å². The summed E-state index contributed by atoms with van der Waals surface area (Å²) in [6.07, 6.45) is 7.87. The van der Waals surface area contributed by atoms with Gasteiger partial charge in [0.2, 0.25) is 5.78 Å². The molecule has 0 saturated carbocycles. The van der Waals surface area contributed by atoms with Gasteiger partial charge in [-0.2, -0.15) is 0 Å². The van der Waals surface area contributed by atoms with E-state index in [0.717, 1.165) is 11.1 Å². The number of rotatable bonds is 2. The lowest BCUT2D eigenvalue weighted by molar-refractivity contribution is -0.143. The molecule has 5 heteroatoms. The van der Waals surface area contributed by atoms with Crippen LogP contribution in [0.2, 0.25) is 0 Å². The number of ketones is 2. The third kappa shape index (κ3) is 2.11. The maximum Gasteiger partial charge on any atom is 0.202 e. The Morgan fingerprint density at radius 3 is 2.88 bits per heavy atom. The zero-order valence-electron chi connectivity index (χ0n) is 13.8. The molecule has 0 amide bonds. The van der Waals surface area contributed by atoms with E-state index in [1.807, 2.05) is 13.0 Å². The van der Waals surface area contributed by atoms with Crippen LogP contribution in [0.15, 0.2) is 46.5 Å². The summed E-state index contributed by atoms with van der Waals surface area (Å²) in [6, 6.07) is 1.88. The fraction of sp³-hybridized carbons (Fsp3) is 0.474. The lowest BCUT2D eigenvalue weighted by Crippen LogP contribution is -2.51. The van der Waals surface area contributed by atoms with E-state index < -0.39 is 5.41 Å². The van der Waals surface area contributed by atoms with E-state index in [2.05, 4.69) is 6.08 Å². The van der Waals surface area contributed by atoms with Crippen LogP contribution in [0.25, 0.3) is 0 Å². The van der Waals surface area contributed by atoms with Gasteiger partial charge in [-0.15, -0.1) is 0 Å². The maximum atomic E-state index is 13.0. The van der Waals surface area contributed by atoms with Crippen molar-refractivity contribution in [2.45, 2.75) is 25.9 Å². The van der Waals surface area contributed by atoms with Crippen molar-refractivity contribution in [3.8, 4) is 0 Å². The number of carbonyl (C=O) groups is 2. The van der Waals surface area contributed by atoms with E-state index in [9.17, 15) is 9.59 Å². The summed E-state index contributed by atoms with van der Waals surface area (Å²) in [6.45, 7) is 2.39. The first-order valence-corrected chi connectivity index (χ1v) is 8.21. The van der Waals surface area contributed by atoms with E-state index in [-0.39, 0.29) is 35.3 Å². The van der Waals surface area contributed by atoms with Crippen LogP contribution >= 0.6 is 0 Å². The highest BCUT2D eigenvalue weighted by Crippen LogP contribution is 2.53. The molecule has 5 nitrogen and oxygen atoms in total. The highest BCUT2D eigenvalue weighted by atomic mass is 16.5. The molecule has 1 aromatic rings. The Labute approximate surface area is 140 Å². The number of hydrogen-bond acceptors (Lipinski definition) is 5. The summed E-state index contributed by atoms with van der Waals surface area (Å²) >= 11 is 0. The first-order valence-electron chi connectivity index (χ1n) is 8.21. The predicted molar refractivity (Wildman–Crippen MR) is 84.9 cm³/mol. The zero-order valence-corrected chi connectivity index (χ0v) is 13.8. The fourth-order valence-electron chi connectivity index (χ4n) is 4.31. The molecule has 1 saturated heterocycles. The molecule has 0 N–H and O–H groups in total. The van der Waals surface area contributed by atoms with Crippen molar-refractivity contribution in [2.24, 2.45) is 17.3 Å². The quantitative estimate of drug-likeness (QED) is 0.781. The van der Waals surface area contributed by atoms with Gasteiger partial charge in [0.05, 0.1) is 32.3 Å². The molecule has 1 aliphatic heterocycles. The first kappa shape index (κ1) is 15.4. The second-order valence-electron chi connectivity index (χ2n) is 7.02. The van der Waals surface area contributed by atoms with E-state index in [0.29, 0.717) is 19.4 Å². The molecular weight excluding hydrogens is 308 g/mol. The topological polar surface area (TPSA) is 65.7 Å². The van der Waals surface area contributed by atoms with Crippen molar-refractivity contribution in [1.29, 1.82) is 0 Å². The van der Waals surface area contributed by atoms with Crippen molar-refractivity contribution < 1.29 is 23.5 Å². The average Bonchev–Trinajstić information content (AvgIpc) is 3.12. The molecule has 2 aliphatic carbocycles. The van der Waals surface area contributed by atoms with Crippen LogP contribution < -0.4 is 0 Å². The molecular formula is C19H20O5. The molecule has 1 aromatic heterocycles. The average molecular weight is 328 g/mol. The number of Topliss-reactive ketones (excluding diaryl/α,β-unsaturated/α-hetero) is 1. The number of carbonyl (C=O) groups excluding carboxylic acids is 2. The van der Waals surface area contributed by atoms with Crippen LogP contribution in [0.1, 0.15) is 31.4 Å². The van der Waals surface area contributed by atoms with Crippen molar-refractivity contribution in [3.05, 3.63) is 47.6 Å². The molecule has 1 fully saturated rings. The summed E-state index contributed by atoms with van der Waals surface area (Å²) in [5, 5.41) is 0. The van der Waals surface area contributed by atoms with E-state index in [4.69, 9.17) is 13.9 Å². The fourth-order valence-corrected chi connectivity index (χ4v) is 4.31. The molecule has 4 atom stereocenters. The smallest absolute Gasteiger partial charge is 0.202 e. The van der Waals surface area contributed by atoms with Gasteiger partial charge in [0.25, 0.3) is 0 Å². The van der Waals surface area contributed by atoms with Gasteiger partial charge >= 0.3 is 0 Å². The Balaban J connectivity index is 1.72. The number of furan rings is 1. The molecule has 0 unspecified atom stereocenters. The second kappa shape index (κ2) is 5.45. The summed E-state index contributed by atoms with van der Waals surface area (Å²) in [5.74, 6) is -0.306. The van der Waals surface area contributed by atoms with Gasteiger partial charge in [-0.25, -0.2) is 0 Å². The molecule has 24 heavy (non-hydrogen) atoms. The normalized spacial score (nSPS) is 35.7. The summed E-state index contributed by atoms with van der Waals surface area (Å²) < 4.78 is 16.3. The van der Waals surface area contributed by atoms with Crippen molar-refractivity contribution >= 4 is 11.6 Å². The van der Waals surface area contributed by atoms with Crippen LogP contribution in [0.5, 0.6) is 0 Å². The minimum atomic E-state index is -0.689. The molecule has 4 rings (SSSR count). The third-order valence-corrected chi connectivity index (χ3v) is 5.76. The van der Waals surface area contributed by atoms with Crippen molar-refractivity contribution in [1.82, 2.24) is 0 Å². The van der Waals surface area contributed by atoms with Gasteiger partial charge in [-0.1, -0.05) is 13.0 Å². The van der Waals surface area contributed by atoms with Gasteiger partial charge < -0.3 is 13.9 Å². The maximum absolute atomic E-state index is 13.0. The van der Waals surface area contributed by atoms with Crippen LogP contribution in [-0.4, -0.2) is 25.3 Å². The molecule has 3 aliphatic rings. The summed E-state index contributed by atoms with van der Waals surface area (Å²) in [7, 11) is 1.44. The number of fused-ring (bicyclic) bond motifs is 3. The Bertz CT molecular complexity index is 742. The number of methoxy groups -OCH3 is 1. The van der Waals surface area contributed by atoms with E-state index in [1.54, 1.807) is 12.5 Å². The first-order chi connectivity index (χ1) is 11.5. The second-order valence-corrected chi connectivity index (χ2v) is 7.02. The summed E-state index contributed by atoms with van der Waals surface area (Å²) in [5.41, 5.74) is 1.40. The molecule has 126 valence electrons. The SMILES string of the molecule is COC1=CC(=O)[C@]2(C)CC=C3CO[C@H](c4ccoc4)C[C@@H]3[C@H]2C1=O. The van der Waals surface area contributed by atoms with Crippen LogP contribution in [0.4, 0.5) is 0 Å². The Morgan fingerprint density at radius 2 is 2.17 bits per heavy atom. The van der Waals surface area contributed by atoms with Crippen LogP contribution in [0, 0.1) is 17.3 Å². The highest BCUT2D eigenvalue weighted by Gasteiger charge is 2.55. The van der Waals surface area contributed by atoms with Crippen molar-refractivity contribution in [2.75, 3.05) is 13.7 Å².